The van der Waals surface area contributed by atoms with Crippen molar-refractivity contribution in [2.75, 3.05) is 32.8 Å². The summed E-state index contributed by atoms with van der Waals surface area (Å²) >= 11 is 1.52. The highest BCUT2D eigenvalue weighted by molar-refractivity contribution is 7.13. The molecule has 4 rings (SSSR count). The second-order valence-electron chi connectivity index (χ2n) is 6.38. The Hall–Kier alpha value is -1.92. The van der Waals surface area contributed by atoms with E-state index in [1.165, 1.54) is 11.3 Å². The Labute approximate surface area is 145 Å². The molecule has 0 saturated carbocycles. The second kappa shape index (κ2) is 6.53. The van der Waals surface area contributed by atoms with Crippen molar-refractivity contribution in [2.24, 2.45) is 11.8 Å². The molecule has 2 aliphatic heterocycles. The summed E-state index contributed by atoms with van der Waals surface area (Å²) in [5.41, 5.74) is 1.59. The molecule has 1 aromatic carbocycles. The van der Waals surface area contributed by atoms with Crippen molar-refractivity contribution >= 4 is 17.2 Å². The normalized spacial score (nSPS) is 22.6. The zero-order chi connectivity index (χ0) is 16.5. The number of ether oxygens (including phenoxy) is 1. The first-order chi connectivity index (χ1) is 11.7. The lowest BCUT2D eigenvalue weighted by Gasteiger charge is -2.15. The third-order valence-electron chi connectivity index (χ3n) is 4.81. The fourth-order valence-corrected chi connectivity index (χ4v) is 4.35. The average molecular weight is 343 g/mol. The molecule has 2 fully saturated rings. The number of benzene rings is 1. The quantitative estimate of drug-likeness (QED) is 0.927. The summed E-state index contributed by atoms with van der Waals surface area (Å²) in [7, 11) is 0. The van der Waals surface area contributed by atoms with Crippen molar-refractivity contribution in [3.8, 4) is 16.3 Å². The van der Waals surface area contributed by atoms with Gasteiger partial charge in [-0.2, -0.15) is 0 Å². The number of likely N-dealkylation sites (tertiary alicyclic amines) is 1. The number of nitrogens with one attached hydrogen (secondary N) is 1. The summed E-state index contributed by atoms with van der Waals surface area (Å²) in [6.45, 7) is 6.39. The van der Waals surface area contributed by atoms with Crippen molar-refractivity contribution in [2.45, 2.75) is 6.92 Å². The minimum Gasteiger partial charge on any atom is -0.494 e. The topological polar surface area (TPSA) is 54.5 Å². The summed E-state index contributed by atoms with van der Waals surface area (Å²) in [4.78, 5) is 19.2. The lowest BCUT2D eigenvalue weighted by atomic mass is 10.0. The number of rotatable bonds is 4. The standard InChI is InChI=1S/C18H21N3O2S/c1-2-23-15-5-3-12(4-6-15)17-20-16(11-24-17)18(22)21-9-13-7-19-8-14(13)10-21/h3-6,11,13-14,19H,2,7-10H2,1H3/t13-,14+. The molecular weight excluding hydrogens is 322 g/mol. The van der Waals surface area contributed by atoms with Crippen LogP contribution in [0.2, 0.25) is 0 Å². The predicted octanol–water partition coefficient (Wildman–Crippen LogP) is 2.50. The first-order valence-electron chi connectivity index (χ1n) is 8.43. The van der Waals surface area contributed by atoms with E-state index >= 15 is 0 Å². The highest BCUT2D eigenvalue weighted by Crippen LogP contribution is 2.29. The molecule has 0 unspecified atom stereocenters. The molecule has 1 N–H and O–H groups in total. The van der Waals surface area contributed by atoms with E-state index in [1.807, 2.05) is 41.5 Å². The Morgan fingerprint density at radius 1 is 1.29 bits per heavy atom. The van der Waals surface area contributed by atoms with E-state index < -0.39 is 0 Å². The molecule has 1 amide bonds. The van der Waals surface area contributed by atoms with Gasteiger partial charge >= 0.3 is 0 Å². The van der Waals surface area contributed by atoms with Crippen LogP contribution in [0.25, 0.3) is 10.6 Å². The van der Waals surface area contributed by atoms with E-state index in [-0.39, 0.29) is 5.91 Å². The van der Waals surface area contributed by atoms with Gasteiger partial charge in [0.2, 0.25) is 0 Å². The maximum Gasteiger partial charge on any atom is 0.273 e. The fourth-order valence-electron chi connectivity index (χ4n) is 3.55. The minimum atomic E-state index is 0.0674. The molecule has 2 saturated heterocycles. The first-order valence-corrected chi connectivity index (χ1v) is 9.31. The van der Waals surface area contributed by atoms with Crippen molar-refractivity contribution in [3.63, 3.8) is 0 Å². The molecule has 2 atom stereocenters. The van der Waals surface area contributed by atoms with Crippen molar-refractivity contribution in [1.82, 2.24) is 15.2 Å². The van der Waals surface area contributed by atoms with Crippen LogP contribution in [-0.4, -0.2) is 48.6 Å². The number of thiazole rings is 1. The number of fused-ring (bicyclic) bond motifs is 1. The lowest BCUT2D eigenvalue weighted by Crippen LogP contribution is -2.32. The number of amides is 1. The molecule has 0 bridgehead atoms. The Balaban J connectivity index is 1.47. The predicted molar refractivity (Wildman–Crippen MR) is 94.5 cm³/mol. The highest BCUT2D eigenvalue weighted by atomic mass is 32.1. The number of carbonyl (C=O) groups is 1. The van der Waals surface area contributed by atoms with Crippen LogP contribution in [0.3, 0.4) is 0 Å². The van der Waals surface area contributed by atoms with Crippen molar-refractivity contribution in [3.05, 3.63) is 35.3 Å². The number of nitrogens with zero attached hydrogens (tertiary/aromatic N) is 2. The molecule has 2 aromatic rings. The summed E-state index contributed by atoms with van der Waals surface area (Å²) in [6.07, 6.45) is 0. The van der Waals surface area contributed by atoms with Gasteiger partial charge in [0, 0.05) is 37.1 Å². The van der Waals surface area contributed by atoms with Gasteiger partial charge in [0.05, 0.1) is 6.61 Å². The molecule has 126 valence electrons. The molecule has 1 aromatic heterocycles. The largest absolute Gasteiger partial charge is 0.494 e. The number of aromatic nitrogens is 1. The van der Waals surface area contributed by atoms with Crippen molar-refractivity contribution in [1.29, 1.82) is 0 Å². The Morgan fingerprint density at radius 2 is 2.00 bits per heavy atom. The number of carbonyl (C=O) groups excluding carboxylic acids is 1. The van der Waals surface area contributed by atoms with Crippen LogP contribution in [-0.2, 0) is 0 Å². The Kier molecular flexibility index (Phi) is 4.24. The van der Waals surface area contributed by atoms with Gasteiger partial charge in [0.25, 0.3) is 5.91 Å². The van der Waals surface area contributed by atoms with Gasteiger partial charge < -0.3 is 15.0 Å². The van der Waals surface area contributed by atoms with Gasteiger partial charge in [0.1, 0.15) is 16.5 Å². The average Bonchev–Trinajstić information content (AvgIpc) is 3.31. The van der Waals surface area contributed by atoms with Crippen LogP contribution < -0.4 is 10.1 Å². The molecule has 0 spiro atoms. The maximum absolute atomic E-state index is 12.7. The molecule has 6 heteroatoms. The zero-order valence-corrected chi connectivity index (χ0v) is 14.5. The van der Waals surface area contributed by atoms with Crippen LogP contribution in [0, 0.1) is 11.8 Å². The van der Waals surface area contributed by atoms with Crippen LogP contribution in [0.4, 0.5) is 0 Å². The molecule has 2 aliphatic rings. The third kappa shape index (κ3) is 2.91. The fraction of sp³-hybridized carbons (Fsp3) is 0.444. The first kappa shape index (κ1) is 15.6. The third-order valence-corrected chi connectivity index (χ3v) is 5.70. The van der Waals surface area contributed by atoms with E-state index in [2.05, 4.69) is 10.3 Å². The van der Waals surface area contributed by atoms with E-state index in [4.69, 9.17) is 4.74 Å². The monoisotopic (exact) mass is 343 g/mol. The molecule has 5 nitrogen and oxygen atoms in total. The summed E-state index contributed by atoms with van der Waals surface area (Å²) in [5.74, 6) is 2.14. The summed E-state index contributed by atoms with van der Waals surface area (Å²) < 4.78 is 5.46. The van der Waals surface area contributed by atoms with E-state index in [9.17, 15) is 4.79 Å². The lowest BCUT2D eigenvalue weighted by molar-refractivity contribution is 0.0777. The van der Waals surface area contributed by atoms with Crippen LogP contribution in [0.5, 0.6) is 5.75 Å². The zero-order valence-electron chi connectivity index (χ0n) is 13.7. The number of hydrogen-bond acceptors (Lipinski definition) is 5. The van der Waals surface area contributed by atoms with E-state index in [0.717, 1.165) is 42.5 Å². The van der Waals surface area contributed by atoms with Crippen LogP contribution in [0.1, 0.15) is 17.4 Å². The molecular formula is C18H21N3O2S. The molecule has 24 heavy (non-hydrogen) atoms. The van der Waals surface area contributed by atoms with Crippen molar-refractivity contribution < 1.29 is 9.53 Å². The van der Waals surface area contributed by atoms with E-state index in [1.54, 1.807) is 0 Å². The van der Waals surface area contributed by atoms with Gasteiger partial charge in [-0.25, -0.2) is 4.98 Å². The van der Waals surface area contributed by atoms with Crippen LogP contribution in [0.15, 0.2) is 29.6 Å². The summed E-state index contributed by atoms with van der Waals surface area (Å²) in [5, 5.41) is 6.15. The summed E-state index contributed by atoms with van der Waals surface area (Å²) in [6, 6.07) is 7.86. The Morgan fingerprint density at radius 3 is 2.67 bits per heavy atom. The van der Waals surface area contributed by atoms with Gasteiger partial charge in [0.15, 0.2) is 0 Å². The van der Waals surface area contributed by atoms with Gasteiger partial charge in [-0.15, -0.1) is 11.3 Å². The van der Waals surface area contributed by atoms with Crippen LogP contribution >= 0.6 is 11.3 Å². The number of hydrogen-bond donors (Lipinski definition) is 1. The smallest absolute Gasteiger partial charge is 0.273 e. The highest BCUT2D eigenvalue weighted by Gasteiger charge is 2.38. The van der Waals surface area contributed by atoms with Gasteiger partial charge in [-0.05, 0) is 43.0 Å². The Bertz CT molecular complexity index is 716. The molecule has 0 radical (unpaired) electrons. The second-order valence-corrected chi connectivity index (χ2v) is 7.24. The van der Waals surface area contributed by atoms with Gasteiger partial charge in [-0.1, -0.05) is 0 Å². The minimum absolute atomic E-state index is 0.0674. The van der Waals surface area contributed by atoms with Gasteiger partial charge in [-0.3, -0.25) is 4.79 Å². The molecule has 3 heterocycles. The molecule has 0 aliphatic carbocycles. The van der Waals surface area contributed by atoms with E-state index in [0.29, 0.717) is 24.1 Å². The maximum atomic E-state index is 12.7. The SMILES string of the molecule is CCOc1ccc(-c2nc(C(=O)N3C[C@H]4CNC[C@H]4C3)cs2)cc1.